The maximum absolute atomic E-state index is 12.0. The van der Waals surface area contributed by atoms with Gasteiger partial charge in [0.25, 0.3) is 5.91 Å². The van der Waals surface area contributed by atoms with Gasteiger partial charge in [0.2, 0.25) is 0 Å². The Bertz CT molecular complexity index is 1210. The van der Waals surface area contributed by atoms with Gasteiger partial charge in [-0.15, -0.1) is 11.3 Å². The van der Waals surface area contributed by atoms with Crippen molar-refractivity contribution in [2.75, 3.05) is 0 Å². The second-order valence-electron chi connectivity index (χ2n) is 7.33. The Morgan fingerprint density at radius 1 is 1.13 bits per heavy atom. The monoisotopic (exact) mass is 435 g/mol. The molecule has 0 saturated heterocycles. The van der Waals surface area contributed by atoms with Crippen LogP contribution in [0, 0.1) is 13.8 Å². The van der Waals surface area contributed by atoms with Crippen molar-refractivity contribution >= 4 is 28.8 Å². The van der Waals surface area contributed by atoms with Crippen LogP contribution in [0.3, 0.4) is 0 Å². The number of hydrogen-bond acceptors (Lipinski definition) is 3. The molecule has 0 spiro atoms. The number of carbonyl (C=O) groups is 1. The summed E-state index contributed by atoms with van der Waals surface area (Å²) in [5.74, 6) is -0.423. The van der Waals surface area contributed by atoms with E-state index in [2.05, 4.69) is 35.8 Å². The Hall–Kier alpha value is -2.89. The minimum atomic E-state index is -0.423. The summed E-state index contributed by atoms with van der Waals surface area (Å²) < 4.78 is 2.14. The highest BCUT2D eigenvalue weighted by molar-refractivity contribution is 7.13. The molecule has 2 heterocycles. The van der Waals surface area contributed by atoms with E-state index in [4.69, 9.17) is 22.3 Å². The predicted octanol–water partition coefficient (Wildman–Crippen LogP) is 5.89. The van der Waals surface area contributed by atoms with E-state index in [-0.39, 0.29) is 0 Å². The Balaban J connectivity index is 1.69. The van der Waals surface area contributed by atoms with Crippen molar-refractivity contribution in [2.24, 2.45) is 5.73 Å². The second kappa shape index (κ2) is 8.46. The lowest BCUT2D eigenvalue weighted by molar-refractivity contribution is 0.0999. The Morgan fingerprint density at radius 3 is 2.60 bits per heavy atom. The van der Waals surface area contributed by atoms with Gasteiger partial charge in [-0.3, -0.25) is 4.79 Å². The van der Waals surface area contributed by atoms with Crippen molar-refractivity contribution in [2.45, 2.75) is 26.8 Å². The molecule has 4 aromatic rings. The highest BCUT2D eigenvalue weighted by Gasteiger charge is 2.19. The molecule has 0 saturated carbocycles. The smallest absolute Gasteiger partial charge is 0.250 e. The van der Waals surface area contributed by atoms with Crippen LogP contribution < -0.4 is 5.73 Å². The lowest BCUT2D eigenvalue weighted by Gasteiger charge is -2.11. The summed E-state index contributed by atoms with van der Waals surface area (Å²) in [6.07, 6.45) is 0.853. The molecule has 152 valence electrons. The van der Waals surface area contributed by atoms with Crippen LogP contribution in [0.4, 0.5) is 0 Å². The van der Waals surface area contributed by atoms with Gasteiger partial charge in [0.1, 0.15) is 5.01 Å². The van der Waals surface area contributed by atoms with Crippen LogP contribution in [0.25, 0.3) is 22.0 Å². The van der Waals surface area contributed by atoms with Crippen LogP contribution >= 0.6 is 22.9 Å². The quantitative estimate of drug-likeness (QED) is 0.410. The molecule has 4 rings (SSSR count). The molecule has 2 N–H and O–H groups in total. The summed E-state index contributed by atoms with van der Waals surface area (Å²) >= 11 is 7.69. The van der Waals surface area contributed by atoms with Gasteiger partial charge in [-0.2, -0.15) is 0 Å². The number of nitrogens with zero attached hydrogens (tertiary/aromatic N) is 2. The molecule has 6 heteroatoms. The first-order valence-corrected chi connectivity index (χ1v) is 11.0. The maximum atomic E-state index is 12.0. The first kappa shape index (κ1) is 20.4. The van der Waals surface area contributed by atoms with Gasteiger partial charge in [-0.25, -0.2) is 4.98 Å². The topological polar surface area (TPSA) is 60.9 Å². The number of carbonyl (C=O) groups excluding carboxylic acids is 1. The zero-order valence-corrected chi connectivity index (χ0v) is 18.4. The zero-order valence-electron chi connectivity index (χ0n) is 16.9. The van der Waals surface area contributed by atoms with E-state index in [0.29, 0.717) is 10.6 Å². The third kappa shape index (κ3) is 4.18. The number of halogens is 1. The number of hydrogen-bond donors (Lipinski definition) is 1. The maximum Gasteiger partial charge on any atom is 0.250 e. The fourth-order valence-electron chi connectivity index (χ4n) is 3.54. The third-order valence-electron chi connectivity index (χ3n) is 5.21. The Morgan fingerprint density at radius 2 is 1.90 bits per heavy atom. The average Bonchev–Trinajstić information content (AvgIpc) is 3.32. The SMILES string of the molecule is Cc1ccc(CCn2c(-c3csc(-c4cccc(Cl)c4)n3)cc(C(N)=O)c2C)cc1. The van der Waals surface area contributed by atoms with Crippen LogP contribution in [0.1, 0.15) is 27.2 Å². The van der Waals surface area contributed by atoms with Crippen molar-refractivity contribution in [3.05, 3.63) is 87.4 Å². The van der Waals surface area contributed by atoms with E-state index in [1.165, 1.54) is 11.1 Å². The van der Waals surface area contributed by atoms with E-state index in [9.17, 15) is 4.79 Å². The summed E-state index contributed by atoms with van der Waals surface area (Å²) in [4.78, 5) is 16.8. The van der Waals surface area contributed by atoms with Crippen LogP contribution in [-0.4, -0.2) is 15.5 Å². The first-order chi connectivity index (χ1) is 14.4. The molecule has 0 atom stereocenters. The number of nitrogens with two attached hydrogens (primary N) is 1. The Labute approximate surface area is 185 Å². The molecule has 0 aliphatic heterocycles. The second-order valence-corrected chi connectivity index (χ2v) is 8.62. The minimum Gasteiger partial charge on any atom is -0.366 e. The van der Waals surface area contributed by atoms with E-state index in [1.807, 2.05) is 42.6 Å². The summed E-state index contributed by atoms with van der Waals surface area (Å²) in [7, 11) is 0. The van der Waals surface area contributed by atoms with Gasteiger partial charge in [0.05, 0.1) is 17.0 Å². The zero-order chi connectivity index (χ0) is 21.3. The number of aromatic nitrogens is 2. The average molecular weight is 436 g/mol. The van der Waals surface area contributed by atoms with Crippen LogP contribution in [0.15, 0.2) is 60.0 Å². The molecule has 4 nitrogen and oxygen atoms in total. The fourth-order valence-corrected chi connectivity index (χ4v) is 4.54. The van der Waals surface area contributed by atoms with E-state index in [1.54, 1.807) is 11.3 Å². The number of benzene rings is 2. The normalized spacial score (nSPS) is 11.0. The highest BCUT2D eigenvalue weighted by Crippen LogP contribution is 2.32. The lowest BCUT2D eigenvalue weighted by atomic mass is 10.1. The molecule has 0 bridgehead atoms. The van der Waals surface area contributed by atoms with Gasteiger partial charge >= 0.3 is 0 Å². The van der Waals surface area contributed by atoms with Crippen molar-refractivity contribution < 1.29 is 4.79 Å². The largest absolute Gasteiger partial charge is 0.366 e. The number of rotatable bonds is 6. The molecule has 0 radical (unpaired) electrons. The van der Waals surface area contributed by atoms with Crippen LogP contribution in [-0.2, 0) is 13.0 Å². The summed E-state index contributed by atoms with van der Waals surface area (Å²) in [5, 5.41) is 3.58. The first-order valence-electron chi connectivity index (χ1n) is 9.69. The summed E-state index contributed by atoms with van der Waals surface area (Å²) in [5.41, 5.74) is 12.2. The Kier molecular flexibility index (Phi) is 5.75. The van der Waals surface area contributed by atoms with Crippen molar-refractivity contribution in [1.82, 2.24) is 9.55 Å². The van der Waals surface area contributed by atoms with E-state index in [0.717, 1.165) is 40.6 Å². The molecule has 2 aromatic carbocycles. The van der Waals surface area contributed by atoms with Crippen molar-refractivity contribution in [3.8, 4) is 22.0 Å². The molecule has 0 aliphatic carbocycles. The minimum absolute atomic E-state index is 0.423. The standard InChI is InChI=1S/C24H22ClN3OS/c1-15-6-8-17(9-7-15)10-11-28-16(2)20(23(26)29)13-22(28)21-14-30-24(27-21)18-4-3-5-19(25)12-18/h3-9,12-14H,10-11H2,1-2H3,(H2,26,29). The summed E-state index contributed by atoms with van der Waals surface area (Å²) in [6, 6.07) is 18.0. The molecular weight excluding hydrogens is 414 g/mol. The van der Waals surface area contributed by atoms with Crippen molar-refractivity contribution in [1.29, 1.82) is 0 Å². The van der Waals surface area contributed by atoms with E-state index < -0.39 is 5.91 Å². The van der Waals surface area contributed by atoms with Gasteiger partial charge in [0, 0.05) is 28.2 Å². The third-order valence-corrected chi connectivity index (χ3v) is 6.34. The van der Waals surface area contributed by atoms with E-state index >= 15 is 0 Å². The van der Waals surface area contributed by atoms with Crippen LogP contribution in [0.2, 0.25) is 5.02 Å². The number of aryl methyl sites for hydroxylation is 2. The molecule has 0 unspecified atom stereocenters. The highest BCUT2D eigenvalue weighted by atomic mass is 35.5. The van der Waals surface area contributed by atoms with Gasteiger partial charge in [-0.1, -0.05) is 53.6 Å². The molecule has 0 aliphatic rings. The van der Waals surface area contributed by atoms with Gasteiger partial charge in [-0.05, 0) is 44.0 Å². The van der Waals surface area contributed by atoms with Gasteiger partial charge in [0.15, 0.2) is 0 Å². The fraction of sp³-hybridized carbons (Fsp3) is 0.167. The number of thiazole rings is 1. The molecule has 0 fully saturated rings. The van der Waals surface area contributed by atoms with Crippen molar-refractivity contribution in [3.63, 3.8) is 0 Å². The van der Waals surface area contributed by atoms with Gasteiger partial charge < -0.3 is 10.3 Å². The van der Waals surface area contributed by atoms with Crippen LogP contribution in [0.5, 0.6) is 0 Å². The molecule has 30 heavy (non-hydrogen) atoms. The molecular formula is C24H22ClN3OS. The molecule has 2 aromatic heterocycles. The summed E-state index contributed by atoms with van der Waals surface area (Å²) in [6.45, 7) is 4.75. The molecule has 1 amide bonds. The predicted molar refractivity (Wildman–Crippen MR) is 124 cm³/mol. The number of amides is 1. The number of primary amides is 1. The lowest BCUT2D eigenvalue weighted by Crippen LogP contribution is -2.13.